The van der Waals surface area contributed by atoms with Gasteiger partial charge < -0.3 is 5.32 Å². The standard InChI is InChI=1S/C15H14N2O3S/c18-15(12-3-1-7-16-10-12)17-13-5-6-14-11(9-13)4-2-8-21(14,19)20/h1,3,5-7,9-10H,2,4,8H2,(H,17,18). The molecular formula is C15H14N2O3S. The normalized spacial score (nSPS) is 16.0. The van der Waals surface area contributed by atoms with E-state index in [-0.39, 0.29) is 11.7 Å². The molecule has 0 spiro atoms. The summed E-state index contributed by atoms with van der Waals surface area (Å²) in [7, 11) is -3.16. The highest BCUT2D eigenvalue weighted by molar-refractivity contribution is 7.91. The third-order valence-electron chi connectivity index (χ3n) is 3.44. The molecule has 0 atom stereocenters. The van der Waals surface area contributed by atoms with Crippen LogP contribution in [0.15, 0.2) is 47.6 Å². The summed E-state index contributed by atoms with van der Waals surface area (Å²) in [5.41, 5.74) is 1.83. The summed E-state index contributed by atoms with van der Waals surface area (Å²) < 4.78 is 23.9. The number of hydrogen-bond acceptors (Lipinski definition) is 4. The van der Waals surface area contributed by atoms with Gasteiger partial charge in [-0.15, -0.1) is 0 Å². The maximum absolute atomic E-state index is 12.0. The predicted molar refractivity (Wildman–Crippen MR) is 79.0 cm³/mol. The second-order valence-electron chi connectivity index (χ2n) is 4.94. The van der Waals surface area contributed by atoms with Gasteiger partial charge in [0.15, 0.2) is 9.84 Å². The Morgan fingerprint density at radius 3 is 2.86 bits per heavy atom. The Morgan fingerprint density at radius 1 is 1.24 bits per heavy atom. The number of anilines is 1. The zero-order chi connectivity index (χ0) is 14.9. The lowest BCUT2D eigenvalue weighted by Gasteiger charge is -2.17. The first kappa shape index (κ1) is 13.8. The molecule has 21 heavy (non-hydrogen) atoms. The van der Waals surface area contributed by atoms with Gasteiger partial charge in [0.05, 0.1) is 16.2 Å². The molecule has 1 N–H and O–H groups in total. The van der Waals surface area contributed by atoms with Crippen LogP contribution in [-0.2, 0) is 16.3 Å². The molecule has 108 valence electrons. The van der Waals surface area contributed by atoms with E-state index >= 15 is 0 Å². The molecule has 0 unspecified atom stereocenters. The van der Waals surface area contributed by atoms with E-state index in [9.17, 15) is 13.2 Å². The highest BCUT2D eigenvalue weighted by atomic mass is 32.2. The summed E-state index contributed by atoms with van der Waals surface area (Å²) in [6, 6.07) is 8.29. The van der Waals surface area contributed by atoms with Crippen LogP contribution in [-0.4, -0.2) is 25.1 Å². The van der Waals surface area contributed by atoms with Crippen LogP contribution in [0.4, 0.5) is 5.69 Å². The van der Waals surface area contributed by atoms with Crippen LogP contribution < -0.4 is 5.32 Å². The van der Waals surface area contributed by atoms with Crippen LogP contribution >= 0.6 is 0 Å². The van der Waals surface area contributed by atoms with Crippen molar-refractivity contribution >= 4 is 21.4 Å². The number of benzene rings is 1. The summed E-state index contributed by atoms with van der Waals surface area (Å²) in [4.78, 5) is 16.3. The van der Waals surface area contributed by atoms with Gasteiger partial charge in [-0.05, 0) is 48.7 Å². The predicted octanol–water partition coefficient (Wildman–Crippen LogP) is 2.05. The number of aryl methyl sites for hydroxylation is 1. The molecule has 1 aromatic heterocycles. The molecule has 0 aliphatic carbocycles. The van der Waals surface area contributed by atoms with E-state index in [1.807, 2.05) is 0 Å². The van der Waals surface area contributed by atoms with Gasteiger partial charge in [0.25, 0.3) is 5.91 Å². The van der Waals surface area contributed by atoms with Gasteiger partial charge >= 0.3 is 0 Å². The zero-order valence-electron chi connectivity index (χ0n) is 11.2. The van der Waals surface area contributed by atoms with Crippen molar-refractivity contribution in [2.75, 3.05) is 11.1 Å². The number of nitrogens with one attached hydrogen (secondary N) is 1. The van der Waals surface area contributed by atoms with E-state index in [0.29, 0.717) is 29.0 Å². The number of fused-ring (bicyclic) bond motifs is 1. The van der Waals surface area contributed by atoms with E-state index in [1.54, 1.807) is 36.5 Å². The average Bonchev–Trinajstić information content (AvgIpc) is 2.47. The Bertz CT molecular complexity index is 786. The largest absolute Gasteiger partial charge is 0.322 e. The van der Waals surface area contributed by atoms with Crippen molar-refractivity contribution < 1.29 is 13.2 Å². The number of amides is 1. The molecule has 1 aliphatic heterocycles. The molecule has 1 aliphatic rings. The van der Waals surface area contributed by atoms with E-state index < -0.39 is 9.84 Å². The van der Waals surface area contributed by atoms with Crippen LogP contribution in [0.1, 0.15) is 22.3 Å². The Labute approximate surface area is 122 Å². The number of nitrogens with zero attached hydrogens (tertiary/aromatic N) is 1. The molecule has 0 saturated carbocycles. The number of sulfone groups is 1. The summed E-state index contributed by atoms with van der Waals surface area (Å²) in [6.07, 6.45) is 4.42. The first-order valence-corrected chi connectivity index (χ1v) is 8.28. The van der Waals surface area contributed by atoms with Gasteiger partial charge in [-0.2, -0.15) is 0 Å². The molecule has 3 rings (SSSR count). The molecule has 1 amide bonds. The summed E-state index contributed by atoms with van der Waals surface area (Å²) in [5, 5.41) is 2.76. The number of carbonyl (C=O) groups is 1. The first-order chi connectivity index (χ1) is 10.1. The van der Waals surface area contributed by atoms with Crippen molar-refractivity contribution in [3.8, 4) is 0 Å². The van der Waals surface area contributed by atoms with Crippen LogP contribution in [0.2, 0.25) is 0 Å². The molecule has 0 radical (unpaired) electrons. The molecular weight excluding hydrogens is 288 g/mol. The molecule has 1 aromatic carbocycles. The minimum atomic E-state index is -3.16. The fraction of sp³-hybridized carbons (Fsp3) is 0.200. The number of pyridine rings is 1. The van der Waals surface area contributed by atoms with E-state index in [1.165, 1.54) is 6.20 Å². The van der Waals surface area contributed by atoms with Gasteiger partial charge in [0.1, 0.15) is 0 Å². The SMILES string of the molecule is O=C(Nc1ccc2c(c1)CCCS2(=O)=O)c1cccnc1. The molecule has 2 heterocycles. The first-order valence-electron chi connectivity index (χ1n) is 6.63. The molecule has 0 saturated heterocycles. The highest BCUT2D eigenvalue weighted by Crippen LogP contribution is 2.27. The summed E-state index contributed by atoms with van der Waals surface area (Å²) >= 11 is 0. The van der Waals surface area contributed by atoms with Gasteiger partial charge in [-0.1, -0.05) is 0 Å². The number of carbonyl (C=O) groups excluding carboxylic acids is 1. The maximum atomic E-state index is 12.0. The zero-order valence-corrected chi connectivity index (χ0v) is 12.1. The van der Waals surface area contributed by atoms with Gasteiger partial charge in [-0.25, -0.2) is 8.42 Å². The maximum Gasteiger partial charge on any atom is 0.257 e. The Morgan fingerprint density at radius 2 is 2.10 bits per heavy atom. The van der Waals surface area contributed by atoms with E-state index in [0.717, 1.165) is 5.56 Å². The van der Waals surface area contributed by atoms with Crippen LogP contribution in [0.3, 0.4) is 0 Å². The Kier molecular flexibility index (Phi) is 3.47. The molecule has 6 heteroatoms. The average molecular weight is 302 g/mol. The highest BCUT2D eigenvalue weighted by Gasteiger charge is 2.23. The molecule has 5 nitrogen and oxygen atoms in total. The van der Waals surface area contributed by atoms with Crippen molar-refractivity contribution in [2.24, 2.45) is 0 Å². The molecule has 0 bridgehead atoms. The van der Waals surface area contributed by atoms with E-state index in [2.05, 4.69) is 10.3 Å². The minimum absolute atomic E-state index is 0.196. The van der Waals surface area contributed by atoms with Crippen LogP contribution in [0, 0.1) is 0 Å². The molecule has 0 fully saturated rings. The second-order valence-corrected chi connectivity index (χ2v) is 7.02. The van der Waals surface area contributed by atoms with E-state index in [4.69, 9.17) is 0 Å². The van der Waals surface area contributed by atoms with Crippen molar-refractivity contribution in [2.45, 2.75) is 17.7 Å². The monoisotopic (exact) mass is 302 g/mol. The summed E-state index contributed by atoms with van der Waals surface area (Å²) in [6.45, 7) is 0. The third-order valence-corrected chi connectivity index (χ3v) is 5.33. The Balaban J connectivity index is 1.87. The molecule has 2 aromatic rings. The van der Waals surface area contributed by atoms with Crippen LogP contribution in [0.5, 0.6) is 0 Å². The fourth-order valence-electron chi connectivity index (χ4n) is 2.42. The van der Waals surface area contributed by atoms with Crippen molar-refractivity contribution in [3.63, 3.8) is 0 Å². The van der Waals surface area contributed by atoms with Gasteiger partial charge in [-0.3, -0.25) is 9.78 Å². The quantitative estimate of drug-likeness (QED) is 0.921. The number of hydrogen-bond donors (Lipinski definition) is 1. The van der Waals surface area contributed by atoms with Crippen LogP contribution in [0.25, 0.3) is 0 Å². The number of rotatable bonds is 2. The van der Waals surface area contributed by atoms with Crippen molar-refractivity contribution in [3.05, 3.63) is 53.9 Å². The van der Waals surface area contributed by atoms with Crippen molar-refractivity contribution in [1.82, 2.24) is 4.98 Å². The lowest BCUT2D eigenvalue weighted by molar-refractivity contribution is 0.102. The van der Waals surface area contributed by atoms with Gasteiger partial charge in [0, 0.05) is 18.1 Å². The summed E-state index contributed by atoms with van der Waals surface area (Å²) in [5.74, 6) is -0.0665. The second kappa shape index (κ2) is 5.29. The minimum Gasteiger partial charge on any atom is -0.322 e. The topological polar surface area (TPSA) is 76.1 Å². The smallest absolute Gasteiger partial charge is 0.257 e. The van der Waals surface area contributed by atoms with Gasteiger partial charge in [0.2, 0.25) is 0 Å². The van der Waals surface area contributed by atoms with Crippen molar-refractivity contribution in [1.29, 1.82) is 0 Å². The third kappa shape index (κ3) is 2.80. The fourth-order valence-corrected chi connectivity index (χ4v) is 4.00. The lowest BCUT2D eigenvalue weighted by atomic mass is 10.1. The lowest BCUT2D eigenvalue weighted by Crippen LogP contribution is -2.17. The Hall–Kier alpha value is -2.21. The number of aromatic nitrogens is 1.